The zero-order valence-corrected chi connectivity index (χ0v) is 31.0. The maximum absolute atomic E-state index is 14.1. The lowest BCUT2D eigenvalue weighted by atomic mass is 9.68. The van der Waals surface area contributed by atoms with Crippen LogP contribution in [-0.4, -0.2) is 60.3 Å². The highest BCUT2D eigenvalue weighted by atomic mass is 35.5. The number of nitrogens with zero attached hydrogens (tertiary/aromatic N) is 2. The number of hydrogen-bond acceptors (Lipinski definition) is 8. The number of anilines is 1. The molecule has 5 aliphatic rings. The van der Waals surface area contributed by atoms with Gasteiger partial charge < -0.3 is 33.4 Å². The van der Waals surface area contributed by atoms with E-state index in [0.29, 0.717) is 49.0 Å². The Labute approximate surface area is 302 Å². The van der Waals surface area contributed by atoms with E-state index in [1.54, 1.807) is 27.0 Å². The molecule has 3 aliphatic carbocycles. The number of allylic oxidation sites excluding steroid dienone is 1. The Hall–Kier alpha value is -2.92. The van der Waals surface area contributed by atoms with Crippen LogP contribution in [0, 0.1) is 23.7 Å². The SMILES string of the molecule is CO[C@H]1/C=C/C[C@H](C)[C@](C)(NC(=O)C2CC(C)(O)C2)[S-](=O)=NC(=O)c2ccc3c(c2)N(C[C@@H]2CC[C@H]21)C[C@@]1(CCCc2cc(Cl)ccc21)CO3. The first-order valence-corrected chi connectivity index (χ1v) is 19.5. The van der Waals surface area contributed by atoms with Crippen molar-refractivity contribution in [3.05, 3.63) is 70.3 Å². The Morgan fingerprint density at radius 2 is 1.98 bits per heavy atom. The van der Waals surface area contributed by atoms with Crippen LogP contribution < -0.4 is 15.0 Å². The highest BCUT2D eigenvalue weighted by Crippen LogP contribution is 2.47. The molecule has 2 fully saturated rings. The molecule has 1 spiro atoms. The van der Waals surface area contributed by atoms with Gasteiger partial charge in [0.05, 0.1) is 24.0 Å². The van der Waals surface area contributed by atoms with Crippen LogP contribution in [0.25, 0.3) is 0 Å². The molecule has 2 aromatic carbocycles. The van der Waals surface area contributed by atoms with Gasteiger partial charge in [-0.15, -0.1) is 0 Å². The van der Waals surface area contributed by atoms with Crippen LogP contribution in [0.15, 0.2) is 52.9 Å². The highest BCUT2D eigenvalue weighted by molar-refractivity contribution is 7.76. The van der Waals surface area contributed by atoms with E-state index in [4.69, 9.17) is 21.1 Å². The third-order valence-corrected chi connectivity index (χ3v) is 14.1. The first kappa shape index (κ1) is 35.5. The molecule has 0 aromatic heterocycles. The van der Waals surface area contributed by atoms with E-state index < -0.39 is 32.9 Å². The van der Waals surface area contributed by atoms with Crippen molar-refractivity contribution in [3.63, 3.8) is 0 Å². The van der Waals surface area contributed by atoms with Crippen molar-refractivity contribution < 1.29 is 28.4 Å². The number of carbonyl (C=O) groups is 2. The number of aryl methyl sites for hydroxylation is 1. The average molecular weight is 723 g/mol. The number of hydrogen-bond donors (Lipinski definition) is 2. The Morgan fingerprint density at radius 1 is 1.18 bits per heavy atom. The van der Waals surface area contributed by atoms with Gasteiger partial charge in [-0.1, -0.05) is 43.7 Å². The van der Waals surface area contributed by atoms with Crippen LogP contribution in [0.5, 0.6) is 5.75 Å². The van der Waals surface area contributed by atoms with E-state index >= 15 is 0 Å². The molecule has 9 nitrogen and oxygen atoms in total. The fourth-order valence-corrected chi connectivity index (χ4v) is 10.2. The Balaban J connectivity index is 1.28. The number of halogens is 1. The van der Waals surface area contributed by atoms with Gasteiger partial charge >= 0.3 is 0 Å². The Morgan fingerprint density at radius 3 is 2.70 bits per heavy atom. The van der Waals surface area contributed by atoms with Crippen molar-refractivity contribution >= 4 is 39.7 Å². The molecular weight excluding hydrogens is 674 g/mol. The van der Waals surface area contributed by atoms with Crippen molar-refractivity contribution in [1.82, 2.24) is 5.32 Å². The fraction of sp³-hybridized carbons (Fsp3) is 0.590. The van der Waals surface area contributed by atoms with Crippen LogP contribution in [-0.2, 0) is 36.2 Å². The van der Waals surface area contributed by atoms with E-state index in [0.717, 1.165) is 55.9 Å². The molecule has 2 aliphatic heterocycles. The van der Waals surface area contributed by atoms with Gasteiger partial charge in [-0.2, -0.15) is 10.6 Å². The minimum atomic E-state index is -2.11. The smallest absolute Gasteiger partial charge is 0.254 e. The van der Waals surface area contributed by atoms with E-state index in [9.17, 15) is 18.9 Å². The second-order valence-electron chi connectivity index (χ2n) is 15.9. The number of rotatable bonds is 3. The number of nitrogens with one attached hydrogen (secondary N) is 1. The number of aliphatic hydroxyl groups is 1. The molecule has 2 amide bonds. The molecule has 2 bridgehead atoms. The third-order valence-electron chi connectivity index (χ3n) is 12.3. The number of amides is 2. The van der Waals surface area contributed by atoms with Crippen LogP contribution in [0.2, 0.25) is 5.02 Å². The van der Waals surface area contributed by atoms with Crippen LogP contribution >= 0.6 is 11.6 Å². The first-order valence-electron chi connectivity index (χ1n) is 18.0. The van der Waals surface area contributed by atoms with Crippen molar-refractivity contribution in [2.24, 2.45) is 28.0 Å². The van der Waals surface area contributed by atoms with Gasteiger partial charge in [-0.05, 0) is 118 Å². The van der Waals surface area contributed by atoms with Gasteiger partial charge in [0.15, 0.2) is 0 Å². The van der Waals surface area contributed by atoms with Crippen LogP contribution in [0.3, 0.4) is 0 Å². The molecule has 11 heteroatoms. The molecule has 270 valence electrons. The molecule has 0 saturated heterocycles. The molecule has 2 saturated carbocycles. The minimum absolute atomic E-state index is 0.0933. The van der Waals surface area contributed by atoms with Crippen molar-refractivity contribution in [1.29, 1.82) is 0 Å². The number of carbonyl (C=O) groups excluding carboxylic acids is 2. The monoisotopic (exact) mass is 722 g/mol. The zero-order chi connectivity index (χ0) is 35.4. The molecular formula is C39H49ClN3O6S-. The van der Waals surface area contributed by atoms with E-state index in [2.05, 4.69) is 38.9 Å². The van der Waals surface area contributed by atoms with E-state index in [1.165, 1.54) is 11.1 Å². The predicted molar refractivity (Wildman–Crippen MR) is 195 cm³/mol. The minimum Gasteiger partial charge on any atom is -0.490 e. The summed E-state index contributed by atoms with van der Waals surface area (Å²) in [5, 5.41) is 14.0. The Kier molecular flexibility index (Phi) is 9.63. The number of methoxy groups -OCH3 is 1. The predicted octanol–water partition coefficient (Wildman–Crippen LogP) is 6.73. The van der Waals surface area contributed by atoms with Gasteiger partial charge in [0.2, 0.25) is 5.91 Å². The van der Waals surface area contributed by atoms with Gasteiger partial charge in [0.1, 0.15) is 5.75 Å². The molecule has 0 radical (unpaired) electrons. The van der Waals surface area contributed by atoms with Crippen molar-refractivity contribution in [2.45, 2.75) is 94.1 Å². The van der Waals surface area contributed by atoms with E-state index in [1.807, 2.05) is 25.1 Å². The second kappa shape index (κ2) is 13.6. The van der Waals surface area contributed by atoms with Crippen molar-refractivity contribution in [2.75, 3.05) is 31.7 Å². The molecule has 2 N–H and O–H groups in total. The topological polar surface area (TPSA) is 118 Å². The first-order chi connectivity index (χ1) is 23.8. The third kappa shape index (κ3) is 6.61. The molecule has 6 atom stereocenters. The average Bonchev–Trinajstić information content (AvgIpc) is 3.20. The normalized spacial score (nSPS) is 36.4. The van der Waals surface area contributed by atoms with Crippen LogP contribution in [0.1, 0.15) is 87.2 Å². The molecule has 2 heterocycles. The lowest BCUT2D eigenvalue weighted by molar-refractivity contribution is -0.140. The van der Waals surface area contributed by atoms with Gasteiger partial charge in [0, 0.05) is 47.0 Å². The fourth-order valence-electron chi connectivity index (χ4n) is 8.92. The maximum atomic E-state index is 14.1. The summed E-state index contributed by atoms with van der Waals surface area (Å²) in [6.45, 7) is 7.35. The van der Waals surface area contributed by atoms with E-state index in [-0.39, 0.29) is 23.3 Å². The number of fused-ring (bicyclic) bond motifs is 4. The summed E-state index contributed by atoms with van der Waals surface area (Å²) >= 11 is 6.45. The lowest BCUT2D eigenvalue weighted by Crippen LogP contribution is -2.57. The number of benzene rings is 2. The lowest BCUT2D eigenvalue weighted by Gasteiger charge is -2.46. The summed E-state index contributed by atoms with van der Waals surface area (Å²) in [5.41, 5.74) is 2.56. The summed E-state index contributed by atoms with van der Waals surface area (Å²) in [7, 11) is -0.359. The number of ether oxygens (including phenoxy) is 2. The summed E-state index contributed by atoms with van der Waals surface area (Å²) < 4.78 is 31.1. The highest BCUT2D eigenvalue weighted by Gasteiger charge is 2.46. The quantitative estimate of drug-likeness (QED) is 0.267. The maximum Gasteiger partial charge on any atom is 0.254 e. The summed E-state index contributed by atoms with van der Waals surface area (Å²) in [5.74, 6) is -0.222. The zero-order valence-electron chi connectivity index (χ0n) is 29.5. The summed E-state index contributed by atoms with van der Waals surface area (Å²) in [6, 6.07) is 11.6. The summed E-state index contributed by atoms with van der Waals surface area (Å²) in [4.78, 5) is 28.3. The van der Waals surface area contributed by atoms with Gasteiger partial charge in [-0.3, -0.25) is 9.59 Å². The Bertz CT molecular complexity index is 1780. The van der Waals surface area contributed by atoms with Crippen LogP contribution in [0.4, 0.5) is 5.69 Å². The largest absolute Gasteiger partial charge is 0.490 e. The molecule has 7 rings (SSSR count). The second-order valence-corrected chi connectivity index (χ2v) is 17.9. The molecule has 2 aromatic rings. The molecule has 50 heavy (non-hydrogen) atoms. The standard InChI is InChI=1S/C39H49ClN3O6S/c1-24-7-5-9-33(48-4)30-13-10-27(30)21-43-22-39(16-6-8-25-17-29(40)12-14-31(25)39)23-49-34-15-11-26(18-32(34)43)36(45)42-50(47)38(24,3)41-35(44)28-19-37(2,46)20-28/h5,9,11-12,14-15,17-18,24,27-28,30,33,46H,6-8,10,13,16,19-23H2,1-4H3,(H,41,44)/q-1/b9-5+/t24-,27-,28?,30+,33-,37?,38+,39-/m0/s1. The van der Waals surface area contributed by atoms with Crippen molar-refractivity contribution in [3.8, 4) is 5.75 Å². The van der Waals surface area contributed by atoms with Gasteiger partial charge in [0.25, 0.3) is 5.91 Å². The summed E-state index contributed by atoms with van der Waals surface area (Å²) in [6.07, 6.45) is 10.3. The molecule has 0 unspecified atom stereocenters. The van der Waals surface area contributed by atoms with Gasteiger partial charge in [-0.25, -0.2) is 0 Å².